The molecule has 6 heteroatoms. The molecule has 2 saturated heterocycles. The number of hydrogen-bond donors (Lipinski definition) is 0. The molecule has 120 valence electrons. The fraction of sp³-hybridized carbons (Fsp3) is 0.412. The minimum Gasteiger partial charge on any atom is -0.340 e. The number of nitrogens with zero attached hydrogens (tertiary/aromatic N) is 4. The van der Waals surface area contributed by atoms with Gasteiger partial charge in [-0.2, -0.15) is 0 Å². The monoisotopic (exact) mass is 316 g/mol. The zero-order chi connectivity index (χ0) is 15.8. The summed E-state index contributed by atoms with van der Waals surface area (Å²) in [5, 5.41) is 0. The Morgan fingerprint density at radius 2 is 1.65 bits per heavy atom. The van der Waals surface area contributed by atoms with Crippen molar-refractivity contribution in [3.05, 3.63) is 53.9 Å². The molecule has 0 aliphatic carbocycles. The van der Waals surface area contributed by atoms with E-state index in [-0.39, 0.29) is 5.82 Å². The van der Waals surface area contributed by atoms with Gasteiger partial charge in [-0.25, -0.2) is 18.7 Å². The topological polar surface area (TPSA) is 32.3 Å². The summed E-state index contributed by atoms with van der Waals surface area (Å²) in [6.07, 6.45) is 2.43. The molecule has 0 unspecified atom stereocenters. The number of fused-ring (bicyclic) bond motifs is 1. The molecule has 2 atom stereocenters. The van der Waals surface area contributed by atoms with Gasteiger partial charge in [0.1, 0.15) is 5.82 Å². The van der Waals surface area contributed by atoms with Crippen LogP contribution in [-0.4, -0.2) is 41.0 Å². The van der Waals surface area contributed by atoms with Crippen LogP contribution in [0.15, 0.2) is 36.7 Å². The molecule has 0 N–H and O–H groups in total. The molecule has 2 aliphatic heterocycles. The van der Waals surface area contributed by atoms with Crippen molar-refractivity contribution in [3.63, 3.8) is 0 Å². The molecule has 4 nitrogen and oxygen atoms in total. The van der Waals surface area contributed by atoms with Gasteiger partial charge in [-0.1, -0.05) is 12.1 Å². The highest BCUT2D eigenvalue weighted by Crippen LogP contribution is 2.33. The Morgan fingerprint density at radius 1 is 0.957 bits per heavy atom. The minimum absolute atomic E-state index is 0.179. The Kier molecular flexibility index (Phi) is 3.69. The molecule has 0 saturated carbocycles. The van der Waals surface area contributed by atoms with E-state index in [0.717, 1.165) is 38.3 Å². The summed E-state index contributed by atoms with van der Waals surface area (Å²) < 4.78 is 26.2. The molecule has 0 radical (unpaired) electrons. The van der Waals surface area contributed by atoms with Crippen LogP contribution in [0.2, 0.25) is 0 Å². The van der Waals surface area contributed by atoms with Crippen LogP contribution < -0.4 is 4.90 Å². The lowest BCUT2D eigenvalue weighted by Gasteiger charge is -2.21. The maximum atomic E-state index is 13.3. The van der Waals surface area contributed by atoms with Crippen molar-refractivity contribution in [2.75, 3.05) is 31.1 Å². The van der Waals surface area contributed by atoms with Crippen molar-refractivity contribution in [2.24, 2.45) is 11.8 Å². The first-order valence-corrected chi connectivity index (χ1v) is 7.86. The van der Waals surface area contributed by atoms with E-state index in [2.05, 4.69) is 19.8 Å². The third kappa shape index (κ3) is 3.03. The third-order valence-electron chi connectivity index (χ3n) is 4.75. The number of hydrogen-bond acceptors (Lipinski definition) is 4. The van der Waals surface area contributed by atoms with Crippen LogP contribution in [0.25, 0.3) is 0 Å². The van der Waals surface area contributed by atoms with Gasteiger partial charge < -0.3 is 4.90 Å². The summed E-state index contributed by atoms with van der Waals surface area (Å²) in [6.45, 7) is 4.58. The summed E-state index contributed by atoms with van der Waals surface area (Å²) in [4.78, 5) is 12.7. The zero-order valence-corrected chi connectivity index (χ0v) is 12.7. The first-order chi connectivity index (χ1) is 11.2. The lowest BCUT2D eigenvalue weighted by Crippen LogP contribution is -2.29. The summed E-state index contributed by atoms with van der Waals surface area (Å²) >= 11 is 0. The van der Waals surface area contributed by atoms with Crippen LogP contribution in [0.5, 0.6) is 0 Å². The molecular formula is C17H18F2N4. The van der Waals surface area contributed by atoms with Crippen LogP contribution >= 0.6 is 0 Å². The van der Waals surface area contributed by atoms with E-state index in [0.29, 0.717) is 17.8 Å². The molecule has 2 aromatic rings. The number of likely N-dealkylation sites (tertiary alicyclic amines) is 1. The highest BCUT2D eigenvalue weighted by molar-refractivity contribution is 5.32. The van der Waals surface area contributed by atoms with E-state index < -0.39 is 5.82 Å². The largest absolute Gasteiger partial charge is 0.340 e. The molecule has 0 bridgehead atoms. The Balaban J connectivity index is 1.37. The molecular weight excluding hydrogens is 298 g/mol. The van der Waals surface area contributed by atoms with Gasteiger partial charge in [0.25, 0.3) is 0 Å². The van der Waals surface area contributed by atoms with E-state index >= 15 is 0 Å². The summed E-state index contributed by atoms with van der Waals surface area (Å²) in [6, 6.07) is 6.81. The second-order valence-corrected chi connectivity index (χ2v) is 6.45. The summed E-state index contributed by atoms with van der Waals surface area (Å²) in [5.74, 6) is 1.16. The average molecular weight is 316 g/mol. The second kappa shape index (κ2) is 5.85. The fourth-order valence-electron chi connectivity index (χ4n) is 3.74. The van der Waals surface area contributed by atoms with Gasteiger partial charge >= 0.3 is 0 Å². The van der Waals surface area contributed by atoms with Gasteiger partial charge in [-0.15, -0.1) is 0 Å². The van der Waals surface area contributed by atoms with Crippen molar-refractivity contribution < 1.29 is 8.78 Å². The number of aromatic nitrogens is 2. The first-order valence-electron chi connectivity index (χ1n) is 7.86. The quantitative estimate of drug-likeness (QED) is 0.870. The van der Waals surface area contributed by atoms with Crippen LogP contribution in [0.4, 0.5) is 14.7 Å². The molecule has 4 rings (SSSR count). The van der Waals surface area contributed by atoms with Crippen LogP contribution in [0.1, 0.15) is 5.56 Å². The Bertz CT molecular complexity index is 677. The van der Waals surface area contributed by atoms with Gasteiger partial charge in [0.2, 0.25) is 5.95 Å². The predicted octanol–water partition coefficient (Wildman–Crippen LogP) is 2.32. The van der Waals surface area contributed by atoms with Crippen LogP contribution in [-0.2, 0) is 6.54 Å². The number of anilines is 1. The van der Waals surface area contributed by atoms with Crippen molar-refractivity contribution in [1.29, 1.82) is 0 Å². The molecule has 1 aromatic heterocycles. The fourth-order valence-corrected chi connectivity index (χ4v) is 3.74. The Labute approximate surface area is 133 Å². The van der Waals surface area contributed by atoms with Gasteiger partial charge in [0, 0.05) is 32.7 Å². The van der Waals surface area contributed by atoms with Gasteiger partial charge in [-0.3, -0.25) is 4.90 Å². The van der Waals surface area contributed by atoms with Gasteiger partial charge in [0.05, 0.1) is 12.4 Å². The van der Waals surface area contributed by atoms with E-state index in [1.165, 1.54) is 18.5 Å². The number of rotatable bonds is 3. The standard InChI is InChI=1S/C17H18F2N4/c18-15-3-1-2-12(4-15)7-22-8-13-10-23(11-14(13)9-22)17-20-5-16(19)6-21-17/h1-6,13-14H,7-11H2/t13-,14+. The van der Waals surface area contributed by atoms with Gasteiger partial charge in [0.15, 0.2) is 5.82 Å². The van der Waals surface area contributed by atoms with Crippen molar-refractivity contribution in [2.45, 2.75) is 6.54 Å². The number of benzene rings is 1. The lowest BCUT2D eigenvalue weighted by molar-refractivity contribution is 0.308. The molecule has 0 amide bonds. The lowest BCUT2D eigenvalue weighted by atomic mass is 10.0. The number of halogens is 2. The maximum Gasteiger partial charge on any atom is 0.225 e. The van der Waals surface area contributed by atoms with Crippen molar-refractivity contribution in [1.82, 2.24) is 14.9 Å². The maximum absolute atomic E-state index is 13.3. The van der Waals surface area contributed by atoms with Crippen molar-refractivity contribution >= 4 is 5.95 Å². The van der Waals surface area contributed by atoms with Gasteiger partial charge in [-0.05, 0) is 29.5 Å². The molecule has 3 heterocycles. The third-order valence-corrected chi connectivity index (χ3v) is 4.75. The highest BCUT2D eigenvalue weighted by atomic mass is 19.1. The molecule has 23 heavy (non-hydrogen) atoms. The summed E-state index contributed by atoms with van der Waals surface area (Å²) in [5.41, 5.74) is 1.02. The van der Waals surface area contributed by atoms with Crippen LogP contribution in [0.3, 0.4) is 0 Å². The van der Waals surface area contributed by atoms with E-state index in [1.54, 1.807) is 12.1 Å². The SMILES string of the molecule is Fc1cnc(N2C[C@H]3CN(Cc4cccc(F)c4)C[C@H]3C2)nc1. The Hall–Kier alpha value is -2.08. The summed E-state index contributed by atoms with van der Waals surface area (Å²) in [7, 11) is 0. The smallest absolute Gasteiger partial charge is 0.225 e. The molecule has 1 aromatic carbocycles. The van der Waals surface area contributed by atoms with E-state index in [9.17, 15) is 8.78 Å². The second-order valence-electron chi connectivity index (χ2n) is 6.45. The predicted molar refractivity (Wildman–Crippen MR) is 82.9 cm³/mol. The normalized spacial score (nSPS) is 24.2. The molecule has 2 fully saturated rings. The van der Waals surface area contributed by atoms with Crippen LogP contribution in [0, 0.1) is 23.5 Å². The van der Waals surface area contributed by atoms with E-state index in [4.69, 9.17) is 0 Å². The van der Waals surface area contributed by atoms with E-state index in [1.807, 2.05) is 6.07 Å². The van der Waals surface area contributed by atoms with Crippen molar-refractivity contribution in [3.8, 4) is 0 Å². The average Bonchev–Trinajstić information content (AvgIpc) is 3.06. The first kappa shape index (κ1) is 14.5. The zero-order valence-electron chi connectivity index (χ0n) is 12.7. The Morgan fingerprint density at radius 3 is 2.30 bits per heavy atom. The highest BCUT2D eigenvalue weighted by Gasteiger charge is 2.40. The molecule has 0 spiro atoms. The molecule has 2 aliphatic rings. The minimum atomic E-state index is -0.408.